The highest BCUT2D eigenvalue weighted by atomic mass is 32.2. The second-order valence-electron chi connectivity index (χ2n) is 2.22. The molecule has 10 heavy (non-hydrogen) atoms. The van der Waals surface area contributed by atoms with Gasteiger partial charge in [0.25, 0.3) is 0 Å². The van der Waals surface area contributed by atoms with E-state index in [2.05, 4.69) is 5.32 Å². The molecule has 58 valence electrons. The fraction of sp³-hybridized carbons (Fsp3) is 0.833. The maximum atomic E-state index is 10.6. The summed E-state index contributed by atoms with van der Waals surface area (Å²) in [4.78, 5) is 0. The number of nitrogens with one attached hydrogen (secondary N) is 1. The van der Waals surface area contributed by atoms with E-state index in [1.165, 1.54) is 0 Å². The summed E-state index contributed by atoms with van der Waals surface area (Å²) < 4.78 is 10.6. The predicted octanol–water partition coefficient (Wildman–Crippen LogP) is 0.214. The largest absolute Gasteiger partial charge is 0.321 e. The van der Waals surface area contributed by atoms with E-state index < -0.39 is 10.8 Å². The van der Waals surface area contributed by atoms with E-state index in [0.717, 1.165) is 6.42 Å². The molecule has 0 aromatic rings. The number of hydrogen-bond acceptors (Lipinski definition) is 3. The summed E-state index contributed by atoms with van der Waals surface area (Å²) in [6, 6.07) is 0.147. The van der Waals surface area contributed by atoms with Crippen molar-refractivity contribution in [2.24, 2.45) is 0 Å². The molecule has 0 aliphatic heterocycles. The number of hydrogen-bond donors (Lipinski definition) is 1. The zero-order valence-electron chi connectivity index (χ0n) is 6.26. The smallest absolute Gasteiger partial charge is 0.176 e. The van der Waals surface area contributed by atoms with Gasteiger partial charge in [-0.15, -0.1) is 0 Å². The van der Waals surface area contributed by atoms with Crippen LogP contribution in [0.3, 0.4) is 0 Å². The van der Waals surface area contributed by atoms with Crippen molar-refractivity contribution in [2.75, 3.05) is 12.0 Å². The van der Waals surface area contributed by atoms with Gasteiger partial charge in [0.05, 0.1) is 0 Å². The Bertz CT molecular complexity index is 152. The van der Waals surface area contributed by atoms with Gasteiger partial charge in [0, 0.05) is 28.9 Å². The molecule has 0 aromatic heterocycles. The van der Waals surface area contributed by atoms with Crippen LogP contribution in [0.5, 0.6) is 0 Å². The van der Waals surface area contributed by atoms with Gasteiger partial charge in [-0.05, 0) is 13.3 Å². The van der Waals surface area contributed by atoms with E-state index in [1.807, 2.05) is 13.1 Å². The van der Waals surface area contributed by atoms with E-state index in [0.29, 0.717) is 5.75 Å². The zero-order chi connectivity index (χ0) is 7.98. The fourth-order valence-electron chi connectivity index (χ4n) is 0.525. The Labute approximate surface area is 63.9 Å². The summed E-state index contributed by atoms with van der Waals surface area (Å²) in [6.07, 6.45) is 4.30. The minimum Gasteiger partial charge on any atom is -0.321 e. The summed E-state index contributed by atoms with van der Waals surface area (Å²) in [6.45, 7) is 1.90. The predicted molar refractivity (Wildman–Crippen MR) is 41.8 cm³/mol. The molecule has 2 atom stereocenters. The van der Waals surface area contributed by atoms with Crippen LogP contribution in [0, 0.1) is 11.5 Å². The van der Waals surface area contributed by atoms with Crippen LogP contribution in [0.15, 0.2) is 0 Å². The first-order chi connectivity index (χ1) is 4.66. The van der Waals surface area contributed by atoms with Crippen molar-refractivity contribution in [3.05, 3.63) is 0 Å². The molecule has 0 bridgehead atoms. The van der Waals surface area contributed by atoms with Gasteiger partial charge in [-0.2, -0.15) is 5.26 Å². The van der Waals surface area contributed by atoms with Gasteiger partial charge in [0.2, 0.25) is 0 Å². The molecule has 1 N–H and O–H groups in total. The van der Waals surface area contributed by atoms with Crippen LogP contribution in [-0.2, 0) is 10.8 Å². The van der Waals surface area contributed by atoms with Crippen molar-refractivity contribution in [3.8, 4) is 6.19 Å². The third-order valence-electron chi connectivity index (χ3n) is 1.15. The second kappa shape index (κ2) is 5.24. The molecule has 0 aromatic carbocycles. The summed E-state index contributed by atoms with van der Waals surface area (Å²) in [5.74, 6) is 0.663. The highest BCUT2D eigenvalue weighted by Gasteiger charge is 1.99. The summed E-state index contributed by atoms with van der Waals surface area (Å²) in [7, 11) is -0.739. The van der Waals surface area contributed by atoms with E-state index in [9.17, 15) is 4.21 Å². The fourth-order valence-corrected chi connectivity index (χ4v) is 1.21. The SMILES string of the molecule is CC(CCS(C)=O)NC#N. The lowest BCUT2D eigenvalue weighted by atomic mass is 10.3. The highest BCUT2D eigenvalue weighted by molar-refractivity contribution is 7.84. The minimum absolute atomic E-state index is 0.147. The average molecular weight is 160 g/mol. The molecule has 0 rings (SSSR count). The Morgan fingerprint density at radius 1 is 1.80 bits per heavy atom. The molecular formula is C6H12N2OS. The molecule has 0 radical (unpaired) electrons. The van der Waals surface area contributed by atoms with E-state index >= 15 is 0 Å². The third kappa shape index (κ3) is 5.57. The molecule has 0 aliphatic carbocycles. The van der Waals surface area contributed by atoms with E-state index in [1.54, 1.807) is 6.26 Å². The van der Waals surface area contributed by atoms with Crippen LogP contribution in [0.2, 0.25) is 0 Å². The molecule has 0 aliphatic rings. The normalized spacial score (nSPS) is 15.3. The Morgan fingerprint density at radius 3 is 2.80 bits per heavy atom. The Hall–Kier alpha value is -0.560. The average Bonchev–Trinajstić information content (AvgIpc) is 1.85. The van der Waals surface area contributed by atoms with Gasteiger partial charge >= 0.3 is 0 Å². The van der Waals surface area contributed by atoms with Crippen molar-refractivity contribution in [1.82, 2.24) is 5.32 Å². The van der Waals surface area contributed by atoms with Crippen LogP contribution in [-0.4, -0.2) is 22.3 Å². The lowest BCUT2D eigenvalue weighted by Gasteiger charge is -2.05. The Balaban J connectivity index is 3.32. The Morgan fingerprint density at radius 2 is 2.40 bits per heavy atom. The monoisotopic (exact) mass is 160 g/mol. The maximum absolute atomic E-state index is 10.6. The highest BCUT2D eigenvalue weighted by Crippen LogP contribution is 1.90. The molecular weight excluding hydrogens is 148 g/mol. The van der Waals surface area contributed by atoms with Gasteiger partial charge in [-0.1, -0.05) is 0 Å². The van der Waals surface area contributed by atoms with Crippen molar-refractivity contribution < 1.29 is 4.21 Å². The molecule has 3 nitrogen and oxygen atoms in total. The van der Waals surface area contributed by atoms with Crippen molar-refractivity contribution in [3.63, 3.8) is 0 Å². The number of nitriles is 1. The van der Waals surface area contributed by atoms with Crippen molar-refractivity contribution >= 4 is 10.8 Å². The van der Waals surface area contributed by atoms with E-state index in [-0.39, 0.29) is 6.04 Å². The first-order valence-corrected chi connectivity index (χ1v) is 4.84. The van der Waals surface area contributed by atoms with Gasteiger partial charge in [-0.3, -0.25) is 4.21 Å². The van der Waals surface area contributed by atoms with Gasteiger partial charge in [-0.25, -0.2) is 0 Å². The third-order valence-corrected chi connectivity index (χ3v) is 1.96. The first-order valence-electron chi connectivity index (χ1n) is 3.11. The maximum Gasteiger partial charge on any atom is 0.176 e. The van der Waals surface area contributed by atoms with Crippen LogP contribution in [0.4, 0.5) is 0 Å². The number of nitrogens with zero attached hydrogens (tertiary/aromatic N) is 1. The lowest BCUT2D eigenvalue weighted by Crippen LogP contribution is -2.22. The summed E-state index contributed by atoms with van der Waals surface area (Å²) >= 11 is 0. The zero-order valence-corrected chi connectivity index (χ0v) is 7.07. The molecule has 2 unspecified atom stereocenters. The van der Waals surface area contributed by atoms with Gasteiger partial charge in [0.1, 0.15) is 0 Å². The molecule has 0 amide bonds. The topological polar surface area (TPSA) is 52.9 Å². The minimum atomic E-state index is -0.739. The van der Waals surface area contributed by atoms with Gasteiger partial charge in [0.15, 0.2) is 6.19 Å². The van der Waals surface area contributed by atoms with Crippen molar-refractivity contribution in [2.45, 2.75) is 19.4 Å². The number of rotatable bonds is 4. The molecule has 4 heteroatoms. The Kier molecular flexibility index (Phi) is 4.95. The molecule has 0 fully saturated rings. The quantitative estimate of drug-likeness (QED) is 0.472. The molecule has 0 saturated carbocycles. The molecule has 0 saturated heterocycles. The van der Waals surface area contributed by atoms with Crippen LogP contribution in [0.1, 0.15) is 13.3 Å². The van der Waals surface area contributed by atoms with Crippen LogP contribution in [0.25, 0.3) is 0 Å². The van der Waals surface area contributed by atoms with Crippen LogP contribution >= 0.6 is 0 Å². The van der Waals surface area contributed by atoms with Crippen molar-refractivity contribution in [1.29, 1.82) is 5.26 Å². The molecule has 0 spiro atoms. The van der Waals surface area contributed by atoms with Crippen LogP contribution < -0.4 is 5.32 Å². The second-order valence-corrected chi connectivity index (χ2v) is 3.78. The summed E-state index contributed by atoms with van der Waals surface area (Å²) in [5, 5.41) is 10.7. The standard InChI is InChI=1S/C6H12N2OS/c1-6(8-5-7)3-4-10(2)9/h6,8H,3-4H2,1-2H3. The first kappa shape index (κ1) is 9.44. The lowest BCUT2D eigenvalue weighted by molar-refractivity contribution is 0.623. The summed E-state index contributed by atoms with van der Waals surface area (Å²) in [5.41, 5.74) is 0. The molecule has 0 heterocycles. The van der Waals surface area contributed by atoms with E-state index in [4.69, 9.17) is 5.26 Å². The van der Waals surface area contributed by atoms with Gasteiger partial charge < -0.3 is 5.32 Å².